The number of rotatable bonds is 9. The molecule has 0 aromatic heterocycles. The molecule has 162 valence electrons. The molecular formula is C24H23BrClNO4. The number of ether oxygens (including phenoxy) is 2. The van der Waals surface area contributed by atoms with E-state index in [1.165, 1.54) is 11.6 Å². The van der Waals surface area contributed by atoms with Crippen LogP contribution in [-0.2, 0) is 13.2 Å². The number of carboxylic acid groups (broad SMARTS) is 1. The molecule has 0 heterocycles. The number of aromatic carboxylic acids is 1. The highest BCUT2D eigenvalue weighted by Crippen LogP contribution is 2.35. The zero-order valence-electron chi connectivity index (χ0n) is 17.2. The topological polar surface area (TPSA) is 67.8 Å². The number of carbonyl (C=O) groups is 1. The molecule has 0 fully saturated rings. The van der Waals surface area contributed by atoms with Crippen molar-refractivity contribution in [1.29, 1.82) is 0 Å². The summed E-state index contributed by atoms with van der Waals surface area (Å²) in [6, 6.07) is 16.8. The summed E-state index contributed by atoms with van der Waals surface area (Å²) >= 11 is 9.54. The van der Waals surface area contributed by atoms with Crippen molar-refractivity contribution < 1.29 is 19.4 Å². The van der Waals surface area contributed by atoms with Gasteiger partial charge in [-0.3, -0.25) is 0 Å². The first-order valence-corrected chi connectivity index (χ1v) is 10.9. The maximum Gasteiger partial charge on any atom is 0.337 e. The fraction of sp³-hybridized carbons (Fsp3) is 0.208. The SMILES string of the molecule is CCOc1cc(CNc2ccc(Cl)c(C(=O)O)c2)c(Br)cc1OCc1ccc(C)cc1. The second-order valence-electron chi connectivity index (χ2n) is 6.95. The molecule has 3 aromatic rings. The Balaban J connectivity index is 1.75. The molecule has 0 atom stereocenters. The molecule has 7 heteroatoms. The quantitative estimate of drug-likeness (QED) is 0.339. The summed E-state index contributed by atoms with van der Waals surface area (Å²) in [6.07, 6.45) is 0. The molecule has 0 bridgehead atoms. The standard InChI is InChI=1S/C24H23BrClNO4/c1-3-30-22-10-17(13-27-18-8-9-21(26)19(11-18)24(28)29)20(25)12-23(22)31-14-16-6-4-15(2)5-7-16/h4-12,27H,3,13-14H2,1-2H3,(H,28,29). The Hall–Kier alpha value is -2.70. The van der Waals surface area contributed by atoms with E-state index in [2.05, 4.69) is 33.4 Å². The highest BCUT2D eigenvalue weighted by molar-refractivity contribution is 9.10. The Morgan fingerprint density at radius 1 is 1.06 bits per heavy atom. The van der Waals surface area contributed by atoms with Gasteiger partial charge in [-0.2, -0.15) is 0 Å². The molecule has 3 aromatic carbocycles. The van der Waals surface area contributed by atoms with Gasteiger partial charge in [0.1, 0.15) is 6.61 Å². The van der Waals surface area contributed by atoms with Crippen LogP contribution in [0.3, 0.4) is 0 Å². The van der Waals surface area contributed by atoms with Gasteiger partial charge >= 0.3 is 5.97 Å². The van der Waals surface area contributed by atoms with Gasteiger partial charge in [-0.05, 0) is 55.3 Å². The number of aryl methyl sites for hydroxylation is 1. The maximum absolute atomic E-state index is 11.3. The average Bonchev–Trinajstić information content (AvgIpc) is 2.74. The molecular weight excluding hydrogens is 482 g/mol. The number of benzene rings is 3. The van der Waals surface area contributed by atoms with Crippen LogP contribution in [0.1, 0.15) is 34.0 Å². The second-order valence-corrected chi connectivity index (χ2v) is 8.21. The molecule has 0 spiro atoms. The van der Waals surface area contributed by atoms with Gasteiger partial charge < -0.3 is 19.9 Å². The smallest absolute Gasteiger partial charge is 0.337 e. The highest BCUT2D eigenvalue weighted by atomic mass is 79.9. The molecule has 31 heavy (non-hydrogen) atoms. The first-order chi connectivity index (χ1) is 14.9. The summed E-state index contributed by atoms with van der Waals surface area (Å²) in [6.45, 7) is 5.38. The van der Waals surface area contributed by atoms with E-state index in [0.29, 0.717) is 36.9 Å². The number of nitrogens with one attached hydrogen (secondary N) is 1. The summed E-state index contributed by atoms with van der Waals surface area (Å²) < 4.78 is 12.7. The normalized spacial score (nSPS) is 10.6. The van der Waals surface area contributed by atoms with E-state index < -0.39 is 5.97 Å². The van der Waals surface area contributed by atoms with E-state index in [-0.39, 0.29) is 10.6 Å². The lowest BCUT2D eigenvalue weighted by atomic mass is 10.1. The third-order valence-corrected chi connectivity index (χ3v) is 5.68. The van der Waals surface area contributed by atoms with Crippen LogP contribution < -0.4 is 14.8 Å². The van der Waals surface area contributed by atoms with Gasteiger partial charge in [0, 0.05) is 16.7 Å². The molecule has 0 unspecified atom stereocenters. The van der Waals surface area contributed by atoms with Crippen molar-refractivity contribution in [2.45, 2.75) is 27.0 Å². The Morgan fingerprint density at radius 3 is 2.45 bits per heavy atom. The fourth-order valence-corrected chi connectivity index (χ4v) is 3.60. The molecule has 0 amide bonds. The number of hydrogen-bond acceptors (Lipinski definition) is 4. The number of anilines is 1. The minimum absolute atomic E-state index is 0.0561. The Kier molecular flexibility index (Phi) is 7.82. The zero-order valence-corrected chi connectivity index (χ0v) is 19.6. The van der Waals surface area contributed by atoms with E-state index >= 15 is 0 Å². The predicted molar refractivity (Wildman–Crippen MR) is 127 cm³/mol. The summed E-state index contributed by atoms with van der Waals surface area (Å²) in [4.78, 5) is 11.3. The van der Waals surface area contributed by atoms with E-state index in [9.17, 15) is 9.90 Å². The van der Waals surface area contributed by atoms with Crippen LogP contribution >= 0.6 is 27.5 Å². The molecule has 3 rings (SSSR count). The number of hydrogen-bond donors (Lipinski definition) is 2. The van der Waals surface area contributed by atoms with Crippen LogP contribution in [-0.4, -0.2) is 17.7 Å². The summed E-state index contributed by atoms with van der Waals surface area (Å²) in [7, 11) is 0. The van der Waals surface area contributed by atoms with Crippen LogP contribution in [0.2, 0.25) is 5.02 Å². The van der Waals surface area contributed by atoms with Gasteiger partial charge in [-0.25, -0.2) is 4.79 Å². The van der Waals surface area contributed by atoms with Crippen LogP contribution in [0.25, 0.3) is 0 Å². The molecule has 0 aliphatic heterocycles. The van der Waals surface area contributed by atoms with Crippen molar-refractivity contribution in [3.8, 4) is 11.5 Å². The lowest BCUT2D eigenvalue weighted by molar-refractivity contribution is 0.0697. The monoisotopic (exact) mass is 503 g/mol. The van der Waals surface area contributed by atoms with Gasteiger partial charge in [0.15, 0.2) is 11.5 Å². The third kappa shape index (κ3) is 6.15. The van der Waals surface area contributed by atoms with E-state index in [1.54, 1.807) is 12.1 Å². The first-order valence-electron chi connectivity index (χ1n) is 9.77. The predicted octanol–water partition coefficient (Wildman–Crippen LogP) is 6.70. The van der Waals surface area contributed by atoms with E-state index in [4.69, 9.17) is 21.1 Å². The Labute approximate surface area is 195 Å². The average molecular weight is 505 g/mol. The van der Waals surface area contributed by atoms with E-state index in [0.717, 1.165) is 15.6 Å². The van der Waals surface area contributed by atoms with Crippen molar-refractivity contribution in [3.63, 3.8) is 0 Å². The van der Waals surface area contributed by atoms with Crippen LogP contribution in [0.4, 0.5) is 5.69 Å². The second kappa shape index (κ2) is 10.6. The molecule has 0 aliphatic carbocycles. The summed E-state index contributed by atoms with van der Waals surface area (Å²) in [5.41, 5.74) is 3.94. The van der Waals surface area contributed by atoms with Crippen LogP contribution in [0.5, 0.6) is 11.5 Å². The third-order valence-electron chi connectivity index (χ3n) is 4.61. The van der Waals surface area contributed by atoms with Crippen molar-refractivity contribution in [1.82, 2.24) is 0 Å². The molecule has 0 aliphatic rings. The fourth-order valence-electron chi connectivity index (χ4n) is 2.94. The molecule has 0 radical (unpaired) electrons. The van der Waals surface area contributed by atoms with Gasteiger partial charge in [-0.1, -0.05) is 57.4 Å². The minimum Gasteiger partial charge on any atom is -0.490 e. The molecule has 2 N–H and O–H groups in total. The van der Waals surface area contributed by atoms with Gasteiger partial charge in [0.2, 0.25) is 0 Å². The van der Waals surface area contributed by atoms with Gasteiger partial charge in [-0.15, -0.1) is 0 Å². The van der Waals surface area contributed by atoms with Crippen molar-refractivity contribution in [2.24, 2.45) is 0 Å². The summed E-state index contributed by atoms with van der Waals surface area (Å²) in [5, 5.41) is 12.7. The molecule has 0 saturated carbocycles. The van der Waals surface area contributed by atoms with Gasteiger partial charge in [0.05, 0.1) is 17.2 Å². The van der Waals surface area contributed by atoms with Crippen LogP contribution in [0.15, 0.2) is 59.1 Å². The molecule has 0 saturated heterocycles. The first kappa shape index (κ1) is 23.0. The van der Waals surface area contributed by atoms with Crippen molar-refractivity contribution in [3.05, 3.63) is 86.3 Å². The number of halogens is 2. The minimum atomic E-state index is -1.07. The van der Waals surface area contributed by atoms with Gasteiger partial charge in [0.25, 0.3) is 0 Å². The van der Waals surface area contributed by atoms with Crippen molar-refractivity contribution in [2.75, 3.05) is 11.9 Å². The Morgan fingerprint density at radius 2 is 1.77 bits per heavy atom. The zero-order chi connectivity index (χ0) is 22.4. The van der Waals surface area contributed by atoms with Crippen LogP contribution in [0, 0.1) is 6.92 Å². The van der Waals surface area contributed by atoms with E-state index in [1.807, 2.05) is 38.1 Å². The largest absolute Gasteiger partial charge is 0.490 e. The van der Waals surface area contributed by atoms with Crippen molar-refractivity contribution >= 4 is 39.2 Å². The highest BCUT2D eigenvalue weighted by Gasteiger charge is 2.13. The number of carboxylic acids is 1. The molecule has 5 nitrogen and oxygen atoms in total. The Bertz CT molecular complexity index is 1070. The summed E-state index contributed by atoms with van der Waals surface area (Å²) in [5.74, 6) is 0.234. The maximum atomic E-state index is 11.3. The lowest BCUT2D eigenvalue weighted by Gasteiger charge is -2.16. The lowest BCUT2D eigenvalue weighted by Crippen LogP contribution is -2.05.